The van der Waals surface area contributed by atoms with Crippen molar-refractivity contribution in [2.24, 2.45) is 7.05 Å². The van der Waals surface area contributed by atoms with E-state index < -0.39 is 30.2 Å². The van der Waals surface area contributed by atoms with Gasteiger partial charge in [-0.1, -0.05) is 24.3 Å². The first-order valence-electron chi connectivity index (χ1n) is 9.59. The third kappa shape index (κ3) is 4.85. The summed E-state index contributed by atoms with van der Waals surface area (Å²) in [5, 5.41) is 2.51. The molecule has 0 radical (unpaired) electrons. The van der Waals surface area contributed by atoms with Gasteiger partial charge in [0.05, 0.1) is 16.9 Å². The molecule has 2 aromatic carbocycles. The number of halogens is 2. The van der Waals surface area contributed by atoms with Crippen LogP contribution in [0.1, 0.15) is 23.0 Å². The zero-order valence-electron chi connectivity index (χ0n) is 17.5. The predicted octanol–water partition coefficient (Wildman–Crippen LogP) is 3.27. The maximum absolute atomic E-state index is 12.9. The quantitative estimate of drug-likeness (QED) is 0.564. The average Bonchev–Trinajstić information content (AvgIpc) is 2.97. The lowest BCUT2D eigenvalue weighted by atomic mass is 10.2. The molecule has 8 nitrogen and oxygen atoms in total. The summed E-state index contributed by atoms with van der Waals surface area (Å²) in [6.45, 7) is -0.0393. The van der Waals surface area contributed by atoms with Gasteiger partial charge in [0.1, 0.15) is 11.4 Å². The molecular weight excluding hydrogens is 424 g/mol. The lowest BCUT2D eigenvalue weighted by molar-refractivity contribution is -0.123. The summed E-state index contributed by atoms with van der Waals surface area (Å²) < 4.78 is 37.1. The van der Waals surface area contributed by atoms with Gasteiger partial charge >= 0.3 is 12.6 Å². The first kappa shape index (κ1) is 22.7. The molecule has 1 atom stereocenters. The number of ether oxygens (including phenoxy) is 2. The van der Waals surface area contributed by atoms with Crippen LogP contribution in [0.15, 0.2) is 59.4 Å². The molecule has 1 unspecified atom stereocenters. The Morgan fingerprint density at radius 1 is 1.06 bits per heavy atom. The molecule has 3 aromatic rings. The normalized spacial score (nSPS) is 11.8. The van der Waals surface area contributed by atoms with Crippen molar-refractivity contribution in [3.05, 3.63) is 76.2 Å². The fourth-order valence-corrected chi connectivity index (χ4v) is 3.02. The van der Waals surface area contributed by atoms with Crippen molar-refractivity contribution in [1.29, 1.82) is 0 Å². The van der Waals surface area contributed by atoms with Crippen LogP contribution in [0.25, 0.3) is 5.69 Å². The lowest BCUT2D eigenvalue weighted by Crippen LogP contribution is -2.32. The van der Waals surface area contributed by atoms with E-state index in [9.17, 15) is 23.2 Å². The number of para-hydroxylation sites is 1. The van der Waals surface area contributed by atoms with Crippen LogP contribution in [0.5, 0.6) is 5.75 Å². The Hall–Kier alpha value is -3.95. The van der Waals surface area contributed by atoms with Gasteiger partial charge in [-0.2, -0.15) is 8.78 Å². The van der Waals surface area contributed by atoms with Crippen molar-refractivity contribution >= 4 is 17.6 Å². The Kier molecular flexibility index (Phi) is 6.72. The Morgan fingerprint density at radius 2 is 1.75 bits per heavy atom. The van der Waals surface area contributed by atoms with Crippen LogP contribution in [0.3, 0.4) is 0 Å². The second-order valence-electron chi connectivity index (χ2n) is 6.88. The van der Waals surface area contributed by atoms with Crippen LogP contribution >= 0.6 is 0 Å². The van der Waals surface area contributed by atoms with Crippen LogP contribution < -0.4 is 15.6 Å². The van der Waals surface area contributed by atoms with Crippen LogP contribution in [0.2, 0.25) is 0 Å². The van der Waals surface area contributed by atoms with E-state index >= 15 is 0 Å². The number of carbonyl (C=O) groups is 2. The summed E-state index contributed by atoms with van der Waals surface area (Å²) in [6.07, 6.45) is -1.26. The number of rotatable bonds is 7. The number of hydrogen-bond donors (Lipinski definition) is 1. The monoisotopic (exact) mass is 445 g/mol. The average molecular weight is 445 g/mol. The Labute approximate surface area is 182 Å². The Balaban J connectivity index is 1.74. The van der Waals surface area contributed by atoms with Gasteiger partial charge in [-0.25, -0.2) is 9.48 Å². The molecule has 0 aliphatic rings. The van der Waals surface area contributed by atoms with Crippen molar-refractivity contribution < 1.29 is 27.8 Å². The minimum Gasteiger partial charge on any atom is -0.449 e. The van der Waals surface area contributed by atoms with Gasteiger partial charge in [0.25, 0.3) is 11.5 Å². The van der Waals surface area contributed by atoms with E-state index in [1.54, 1.807) is 42.9 Å². The number of benzene rings is 2. The number of hydrogen-bond acceptors (Lipinski definition) is 5. The van der Waals surface area contributed by atoms with Gasteiger partial charge in [0.2, 0.25) is 0 Å². The smallest absolute Gasteiger partial charge is 0.387 e. The first-order chi connectivity index (χ1) is 15.2. The third-order valence-corrected chi connectivity index (χ3v) is 4.75. The maximum atomic E-state index is 12.9. The van der Waals surface area contributed by atoms with Gasteiger partial charge in [-0.05, 0) is 44.2 Å². The second kappa shape index (κ2) is 9.46. The molecule has 10 heteroatoms. The topological polar surface area (TPSA) is 91.6 Å². The number of carbonyl (C=O) groups excluding carboxylic acids is 2. The van der Waals surface area contributed by atoms with Crippen LogP contribution in [0.4, 0.5) is 14.5 Å². The Bertz CT molecular complexity index is 1190. The fraction of sp³-hybridized carbons (Fsp3) is 0.227. The van der Waals surface area contributed by atoms with E-state index in [1.165, 1.54) is 29.8 Å². The molecule has 32 heavy (non-hydrogen) atoms. The fourth-order valence-electron chi connectivity index (χ4n) is 3.02. The molecule has 1 amide bonds. The molecule has 1 N–H and O–H groups in total. The largest absolute Gasteiger partial charge is 0.449 e. The van der Waals surface area contributed by atoms with E-state index in [1.807, 2.05) is 6.07 Å². The standard InChI is InChI=1S/C22H21F2N3O5/c1-13-18(20(29)27(26(13)3)16-9-5-4-6-10-16)25-19(28)14(2)31-21(30)15-8-7-11-17(12-15)32-22(23)24/h4-12,14,22H,1-3H3,(H,25,28). The van der Waals surface area contributed by atoms with E-state index in [-0.39, 0.29) is 17.0 Å². The highest BCUT2D eigenvalue weighted by Crippen LogP contribution is 2.18. The van der Waals surface area contributed by atoms with Crippen molar-refractivity contribution in [2.75, 3.05) is 5.32 Å². The number of amides is 1. The van der Waals surface area contributed by atoms with E-state index in [0.29, 0.717) is 11.4 Å². The van der Waals surface area contributed by atoms with Gasteiger partial charge in [-0.3, -0.25) is 14.3 Å². The summed E-state index contributed by atoms with van der Waals surface area (Å²) in [5.41, 5.74) is 0.665. The first-order valence-corrected chi connectivity index (χ1v) is 9.59. The number of esters is 1. The van der Waals surface area contributed by atoms with Crippen molar-refractivity contribution in [1.82, 2.24) is 9.36 Å². The van der Waals surface area contributed by atoms with Gasteiger partial charge < -0.3 is 14.8 Å². The molecule has 1 heterocycles. The number of nitrogens with zero attached hydrogens (tertiary/aromatic N) is 2. The van der Waals surface area contributed by atoms with E-state index in [4.69, 9.17) is 4.74 Å². The highest BCUT2D eigenvalue weighted by Gasteiger charge is 2.24. The molecule has 0 aliphatic heterocycles. The molecule has 0 saturated heterocycles. The van der Waals surface area contributed by atoms with Gasteiger partial charge in [0.15, 0.2) is 6.10 Å². The van der Waals surface area contributed by atoms with Crippen molar-refractivity contribution in [2.45, 2.75) is 26.6 Å². The summed E-state index contributed by atoms with van der Waals surface area (Å²) >= 11 is 0. The minimum absolute atomic E-state index is 0.0524. The molecule has 0 bridgehead atoms. The Morgan fingerprint density at radius 3 is 2.41 bits per heavy atom. The molecule has 1 aromatic heterocycles. The number of aromatic nitrogens is 2. The zero-order valence-corrected chi connectivity index (χ0v) is 17.5. The molecule has 0 spiro atoms. The highest BCUT2D eigenvalue weighted by molar-refractivity contribution is 5.97. The van der Waals surface area contributed by atoms with Crippen molar-refractivity contribution in [3.8, 4) is 11.4 Å². The summed E-state index contributed by atoms with van der Waals surface area (Å²) in [4.78, 5) is 37.8. The molecule has 0 saturated carbocycles. The van der Waals surface area contributed by atoms with Gasteiger partial charge in [0, 0.05) is 7.05 Å². The summed E-state index contributed by atoms with van der Waals surface area (Å²) in [6, 6.07) is 13.9. The van der Waals surface area contributed by atoms with Crippen LogP contribution in [-0.4, -0.2) is 34.0 Å². The molecular formula is C22H21F2N3O5. The molecule has 0 aliphatic carbocycles. The van der Waals surface area contributed by atoms with Crippen LogP contribution in [-0.2, 0) is 16.6 Å². The third-order valence-electron chi connectivity index (χ3n) is 4.75. The van der Waals surface area contributed by atoms with Gasteiger partial charge in [-0.15, -0.1) is 0 Å². The number of alkyl halides is 2. The van der Waals surface area contributed by atoms with Crippen LogP contribution in [0, 0.1) is 6.92 Å². The number of anilines is 1. The maximum Gasteiger partial charge on any atom is 0.387 e. The van der Waals surface area contributed by atoms with Crippen molar-refractivity contribution in [3.63, 3.8) is 0 Å². The zero-order chi connectivity index (χ0) is 23.4. The highest BCUT2D eigenvalue weighted by atomic mass is 19.3. The predicted molar refractivity (Wildman–Crippen MR) is 112 cm³/mol. The second-order valence-corrected chi connectivity index (χ2v) is 6.88. The minimum atomic E-state index is -3.04. The van der Waals surface area contributed by atoms with E-state index in [0.717, 1.165) is 6.07 Å². The number of nitrogens with one attached hydrogen (secondary N) is 1. The van der Waals surface area contributed by atoms with E-state index in [2.05, 4.69) is 10.1 Å². The SMILES string of the molecule is Cc1c(NC(=O)C(C)OC(=O)c2cccc(OC(F)F)c2)c(=O)n(-c2ccccc2)n1C. The summed E-state index contributed by atoms with van der Waals surface area (Å²) in [7, 11) is 1.68. The molecule has 168 valence electrons. The lowest BCUT2D eigenvalue weighted by Gasteiger charge is -2.13. The summed E-state index contributed by atoms with van der Waals surface area (Å²) in [5.74, 6) is -1.84. The molecule has 0 fully saturated rings. The molecule has 3 rings (SSSR count).